The summed E-state index contributed by atoms with van der Waals surface area (Å²) in [6, 6.07) is 3.20. The normalized spacial score (nSPS) is 21.9. The molecular weight excluding hydrogens is 468 g/mol. The summed E-state index contributed by atoms with van der Waals surface area (Å²) >= 11 is 6.47. The Balaban J connectivity index is 1.78. The van der Waals surface area contributed by atoms with Crippen molar-refractivity contribution in [3.63, 3.8) is 0 Å². The minimum Gasteiger partial charge on any atom is -0.369 e. The van der Waals surface area contributed by atoms with E-state index in [-0.39, 0.29) is 28.5 Å². The lowest BCUT2D eigenvalue weighted by Gasteiger charge is -2.20. The summed E-state index contributed by atoms with van der Waals surface area (Å²) in [6.07, 6.45) is 3.54. The smallest absolute Gasteiger partial charge is 0.267 e. The van der Waals surface area contributed by atoms with Gasteiger partial charge in [-0.1, -0.05) is 43.9 Å². The lowest BCUT2D eigenvalue weighted by molar-refractivity contribution is -0.123. The minimum atomic E-state index is -3.17. The Morgan fingerprint density at radius 1 is 1.38 bits per heavy atom. The number of sulfone groups is 1. The number of hydrogen-bond donors (Lipinski definition) is 1. The van der Waals surface area contributed by atoms with E-state index in [0.717, 1.165) is 17.3 Å². The first kappa shape index (κ1) is 22.9. The molecule has 32 heavy (non-hydrogen) atoms. The summed E-state index contributed by atoms with van der Waals surface area (Å²) in [5.41, 5.74) is 1.38. The van der Waals surface area contributed by atoms with Crippen molar-refractivity contribution in [1.29, 1.82) is 0 Å². The van der Waals surface area contributed by atoms with Crippen molar-refractivity contribution in [3.8, 4) is 0 Å². The van der Waals surface area contributed by atoms with Crippen molar-refractivity contribution in [2.75, 3.05) is 23.4 Å². The van der Waals surface area contributed by atoms with Crippen molar-refractivity contribution in [2.24, 2.45) is 5.92 Å². The van der Waals surface area contributed by atoms with Gasteiger partial charge in [-0.2, -0.15) is 0 Å². The molecule has 0 bridgehead atoms. The van der Waals surface area contributed by atoms with E-state index in [9.17, 15) is 18.0 Å². The first-order chi connectivity index (χ1) is 15.1. The van der Waals surface area contributed by atoms with Crippen molar-refractivity contribution < 1.29 is 13.2 Å². The lowest BCUT2D eigenvalue weighted by Crippen LogP contribution is -2.39. The van der Waals surface area contributed by atoms with Crippen LogP contribution >= 0.6 is 24.0 Å². The van der Waals surface area contributed by atoms with Crippen LogP contribution < -0.4 is 10.9 Å². The standard InChI is InChI=1S/C21H24N4O4S3/c1-12(2)10-22-17-15(19(26)24-7-4-5-13(3)18(24)23-17)9-16-20(27)25(21(30)31-16)14-6-8-32(28,29)11-14/h4-5,7,9,12,14,22H,6,8,10-11H2,1-3H3/b16-9-/t14-/m1/s1. The molecule has 1 atom stereocenters. The van der Waals surface area contributed by atoms with Gasteiger partial charge in [0.25, 0.3) is 11.5 Å². The number of aromatic nitrogens is 2. The Bertz CT molecular complexity index is 1310. The zero-order chi connectivity index (χ0) is 23.2. The number of hydrogen-bond acceptors (Lipinski definition) is 8. The number of anilines is 1. The van der Waals surface area contributed by atoms with Gasteiger partial charge >= 0.3 is 0 Å². The molecule has 2 aromatic rings. The van der Waals surface area contributed by atoms with E-state index in [4.69, 9.17) is 12.2 Å². The van der Waals surface area contributed by atoms with Crippen LogP contribution in [0.25, 0.3) is 11.7 Å². The highest BCUT2D eigenvalue weighted by Gasteiger charge is 2.42. The second kappa shape index (κ2) is 8.60. The zero-order valence-corrected chi connectivity index (χ0v) is 20.4. The van der Waals surface area contributed by atoms with Gasteiger partial charge in [0.1, 0.15) is 15.8 Å². The highest BCUT2D eigenvalue weighted by atomic mass is 32.2. The molecule has 2 aliphatic heterocycles. The number of carbonyl (C=O) groups is 1. The predicted molar refractivity (Wildman–Crippen MR) is 132 cm³/mol. The molecular formula is C21H24N4O4S3. The third kappa shape index (κ3) is 4.33. The Morgan fingerprint density at radius 3 is 2.78 bits per heavy atom. The van der Waals surface area contributed by atoms with Crippen LogP contribution in [0.3, 0.4) is 0 Å². The molecule has 2 aliphatic rings. The molecule has 0 aromatic carbocycles. The highest BCUT2D eigenvalue weighted by molar-refractivity contribution is 8.26. The molecule has 4 rings (SSSR count). The molecule has 0 spiro atoms. The van der Waals surface area contributed by atoms with Crippen LogP contribution in [0.1, 0.15) is 31.4 Å². The molecule has 0 radical (unpaired) electrons. The van der Waals surface area contributed by atoms with Crippen LogP contribution in [0.2, 0.25) is 0 Å². The van der Waals surface area contributed by atoms with Gasteiger partial charge in [-0.25, -0.2) is 13.4 Å². The number of pyridine rings is 1. The molecule has 4 heterocycles. The van der Waals surface area contributed by atoms with Gasteiger partial charge in [-0.05, 0) is 37.0 Å². The number of rotatable bonds is 5. The third-order valence-electron chi connectivity index (χ3n) is 5.43. The van der Waals surface area contributed by atoms with Crippen LogP contribution in [-0.4, -0.2) is 57.0 Å². The van der Waals surface area contributed by atoms with E-state index in [0.29, 0.717) is 39.6 Å². The van der Waals surface area contributed by atoms with Gasteiger partial charge in [0.2, 0.25) is 0 Å². The van der Waals surface area contributed by atoms with Crippen LogP contribution in [0.4, 0.5) is 5.82 Å². The average Bonchev–Trinajstić information content (AvgIpc) is 3.20. The summed E-state index contributed by atoms with van der Waals surface area (Å²) in [6.45, 7) is 6.59. The van der Waals surface area contributed by atoms with Gasteiger partial charge in [-0.3, -0.25) is 18.9 Å². The number of nitrogens with zero attached hydrogens (tertiary/aromatic N) is 3. The van der Waals surface area contributed by atoms with Gasteiger partial charge < -0.3 is 5.32 Å². The molecule has 0 unspecified atom stereocenters. The molecule has 2 saturated heterocycles. The number of nitrogens with one attached hydrogen (secondary N) is 1. The molecule has 1 N–H and O–H groups in total. The molecule has 0 aliphatic carbocycles. The Morgan fingerprint density at radius 2 is 2.12 bits per heavy atom. The number of aryl methyl sites for hydroxylation is 1. The van der Waals surface area contributed by atoms with Gasteiger partial charge in [-0.15, -0.1) is 0 Å². The van der Waals surface area contributed by atoms with Gasteiger partial charge in [0.15, 0.2) is 9.84 Å². The third-order valence-corrected chi connectivity index (χ3v) is 8.52. The largest absolute Gasteiger partial charge is 0.369 e. The number of carbonyl (C=O) groups excluding carboxylic acids is 1. The van der Waals surface area contributed by atoms with E-state index in [2.05, 4.69) is 10.3 Å². The fourth-order valence-corrected chi connectivity index (χ4v) is 6.86. The first-order valence-electron chi connectivity index (χ1n) is 10.3. The number of amides is 1. The molecule has 2 fully saturated rings. The molecule has 170 valence electrons. The van der Waals surface area contributed by atoms with Crippen molar-refractivity contribution in [1.82, 2.24) is 14.3 Å². The van der Waals surface area contributed by atoms with E-state index in [1.807, 2.05) is 26.8 Å². The number of thioether (sulfide) groups is 1. The van der Waals surface area contributed by atoms with E-state index in [1.165, 1.54) is 15.4 Å². The summed E-state index contributed by atoms with van der Waals surface area (Å²) in [4.78, 5) is 32.8. The lowest BCUT2D eigenvalue weighted by atomic mass is 10.2. The zero-order valence-electron chi connectivity index (χ0n) is 18.0. The molecule has 2 aromatic heterocycles. The second-order valence-electron chi connectivity index (χ2n) is 8.45. The maximum atomic E-state index is 13.3. The summed E-state index contributed by atoms with van der Waals surface area (Å²) in [5, 5.41) is 3.23. The summed E-state index contributed by atoms with van der Waals surface area (Å²) in [7, 11) is -3.17. The van der Waals surface area contributed by atoms with Gasteiger partial charge in [0.05, 0.1) is 28.0 Å². The fourth-order valence-electron chi connectivity index (χ4n) is 3.78. The maximum absolute atomic E-state index is 13.3. The molecule has 11 heteroatoms. The topological polar surface area (TPSA) is 101 Å². The maximum Gasteiger partial charge on any atom is 0.267 e. The fraction of sp³-hybridized carbons (Fsp3) is 0.429. The summed E-state index contributed by atoms with van der Waals surface area (Å²) < 4.78 is 25.6. The second-order valence-corrected chi connectivity index (χ2v) is 12.4. The Kier molecular flexibility index (Phi) is 6.17. The molecule has 1 amide bonds. The monoisotopic (exact) mass is 492 g/mol. The van der Waals surface area contributed by atoms with Crippen molar-refractivity contribution in [2.45, 2.75) is 33.2 Å². The van der Waals surface area contributed by atoms with Crippen LogP contribution in [0.15, 0.2) is 28.0 Å². The van der Waals surface area contributed by atoms with Crippen molar-refractivity contribution in [3.05, 3.63) is 44.7 Å². The highest BCUT2D eigenvalue weighted by Crippen LogP contribution is 2.36. The Hall–Kier alpha value is -2.24. The molecule has 0 saturated carbocycles. The van der Waals surface area contributed by atoms with Crippen LogP contribution in [0.5, 0.6) is 0 Å². The van der Waals surface area contributed by atoms with Gasteiger partial charge in [0, 0.05) is 12.7 Å². The predicted octanol–water partition coefficient (Wildman–Crippen LogP) is 2.46. The Labute approximate surface area is 196 Å². The van der Waals surface area contributed by atoms with Crippen LogP contribution in [0, 0.1) is 12.8 Å². The quantitative estimate of drug-likeness (QED) is 0.502. The first-order valence-corrected chi connectivity index (χ1v) is 13.4. The van der Waals surface area contributed by atoms with Crippen LogP contribution in [-0.2, 0) is 14.6 Å². The SMILES string of the molecule is Cc1cccn2c(=O)c(/C=C3\SC(=S)N([C@@H]4CCS(=O)(=O)C4)C3=O)c(NCC(C)C)nc12. The van der Waals surface area contributed by atoms with Crippen molar-refractivity contribution >= 4 is 61.6 Å². The van der Waals surface area contributed by atoms with E-state index in [1.54, 1.807) is 12.3 Å². The molecule has 8 nitrogen and oxygen atoms in total. The minimum absolute atomic E-state index is 0.0480. The van der Waals surface area contributed by atoms with E-state index >= 15 is 0 Å². The average molecular weight is 493 g/mol. The summed E-state index contributed by atoms with van der Waals surface area (Å²) in [5.74, 6) is 0.319. The number of fused-ring (bicyclic) bond motifs is 1. The van der Waals surface area contributed by atoms with E-state index < -0.39 is 15.9 Å². The number of thiocarbonyl (C=S) groups is 1.